The van der Waals surface area contributed by atoms with E-state index in [-0.39, 0.29) is 16.6 Å². The van der Waals surface area contributed by atoms with Crippen LogP contribution >= 0.6 is 0 Å². The molecule has 0 aromatic heterocycles. The quantitative estimate of drug-likeness (QED) is 0.595. The minimum Gasteiger partial charge on any atom is -0.327 e. The van der Waals surface area contributed by atoms with Crippen LogP contribution in [0.2, 0.25) is 0 Å². The van der Waals surface area contributed by atoms with Gasteiger partial charge in [-0.1, -0.05) is 69.7 Å². The number of hydrogen-bond donors (Lipinski definition) is 1. The topological polar surface area (TPSA) is 43.1 Å². The molecule has 1 aliphatic carbocycles. The van der Waals surface area contributed by atoms with Gasteiger partial charge in [-0.05, 0) is 48.2 Å². The summed E-state index contributed by atoms with van der Waals surface area (Å²) in [4.78, 5) is 11.5. The Bertz CT molecular complexity index is 664. The van der Waals surface area contributed by atoms with Gasteiger partial charge in [0.2, 0.25) is 0 Å². The normalized spacial score (nSPS) is 25.2. The third-order valence-electron chi connectivity index (χ3n) is 5.58. The first-order chi connectivity index (χ1) is 11.2. The predicted molar refractivity (Wildman–Crippen MR) is 103 cm³/mol. The molecule has 130 valence electrons. The van der Waals surface area contributed by atoms with Crippen molar-refractivity contribution in [2.45, 2.75) is 53.9 Å². The highest BCUT2D eigenvalue weighted by atomic mass is 16.1. The van der Waals surface area contributed by atoms with E-state index in [1.165, 1.54) is 16.7 Å². The molecule has 0 radical (unpaired) electrons. The van der Waals surface area contributed by atoms with E-state index >= 15 is 0 Å². The molecular weight excluding hydrogens is 294 g/mol. The minimum absolute atomic E-state index is 0.0751. The standard InChI is InChI=1S/C22H31NO/c1-6-22(5)13-11-19(15-21(3,4)20(22)12-14-23)18-9-7-17(8-10-18)16(2)24/h7-12H,6,13-15,23H2,1-5H3/b20-12-. The van der Waals surface area contributed by atoms with E-state index in [9.17, 15) is 4.79 Å². The van der Waals surface area contributed by atoms with E-state index in [4.69, 9.17) is 5.73 Å². The van der Waals surface area contributed by atoms with Gasteiger partial charge >= 0.3 is 0 Å². The molecule has 1 unspecified atom stereocenters. The number of Topliss-reactive ketones (excluding diaryl/α,β-unsaturated/α-hetero) is 1. The van der Waals surface area contributed by atoms with Crippen LogP contribution in [-0.2, 0) is 0 Å². The van der Waals surface area contributed by atoms with Crippen molar-refractivity contribution < 1.29 is 4.79 Å². The van der Waals surface area contributed by atoms with Crippen molar-refractivity contribution in [3.8, 4) is 0 Å². The first-order valence-corrected chi connectivity index (χ1v) is 8.95. The number of nitrogens with two attached hydrogens (primary N) is 1. The molecule has 1 aliphatic rings. The van der Waals surface area contributed by atoms with Crippen molar-refractivity contribution in [2.24, 2.45) is 16.6 Å². The lowest BCUT2D eigenvalue weighted by Gasteiger charge is -2.39. The number of ketones is 1. The number of carbonyl (C=O) groups is 1. The summed E-state index contributed by atoms with van der Waals surface area (Å²) in [6.45, 7) is 11.5. The second-order valence-corrected chi connectivity index (χ2v) is 7.90. The molecule has 0 bridgehead atoms. The lowest BCUT2D eigenvalue weighted by molar-refractivity contribution is 0.101. The molecule has 0 amide bonds. The third kappa shape index (κ3) is 3.70. The average Bonchev–Trinajstić information content (AvgIpc) is 2.65. The lowest BCUT2D eigenvalue weighted by atomic mass is 9.66. The fraction of sp³-hybridized carbons (Fsp3) is 0.500. The molecule has 2 nitrogen and oxygen atoms in total. The lowest BCUT2D eigenvalue weighted by Crippen LogP contribution is -2.28. The number of hydrogen-bond acceptors (Lipinski definition) is 2. The summed E-state index contributed by atoms with van der Waals surface area (Å²) < 4.78 is 0. The van der Waals surface area contributed by atoms with Crippen molar-refractivity contribution in [2.75, 3.05) is 6.54 Å². The molecule has 0 saturated carbocycles. The van der Waals surface area contributed by atoms with Crippen molar-refractivity contribution in [1.29, 1.82) is 0 Å². The van der Waals surface area contributed by atoms with E-state index < -0.39 is 0 Å². The van der Waals surface area contributed by atoms with Gasteiger partial charge in [0.05, 0.1) is 0 Å². The number of allylic oxidation sites excluding steroid dienone is 3. The third-order valence-corrected chi connectivity index (χ3v) is 5.58. The Morgan fingerprint density at radius 2 is 1.83 bits per heavy atom. The SMILES string of the molecule is CCC1(C)CC=C(c2ccc(C(C)=O)cc2)CC(C)(C)/C1=C/CN. The number of benzene rings is 1. The molecular formula is C22H31NO. The van der Waals surface area contributed by atoms with Crippen molar-refractivity contribution in [3.63, 3.8) is 0 Å². The van der Waals surface area contributed by atoms with E-state index in [2.05, 4.69) is 52.0 Å². The summed E-state index contributed by atoms with van der Waals surface area (Å²) in [6, 6.07) is 8.04. The zero-order valence-corrected chi connectivity index (χ0v) is 15.8. The molecule has 0 aliphatic heterocycles. The highest BCUT2D eigenvalue weighted by Crippen LogP contribution is 2.51. The summed E-state index contributed by atoms with van der Waals surface area (Å²) in [6.07, 6.45) is 7.76. The average molecular weight is 325 g/mol. The Morgan fingerprint density at radius 3 is 2.33 bits per heavy atom. The molecule has 1 aromatic rings. The Balaban J connectivity index is 2.44. The molecule has 2 heteroatoms. The van der Waals surface area contributed by atoms with Gasteiger partial charge in [-0.3, -0.25) is 4.79 Å². The van der Waals surface area contributed by atoms with Crippen LogP contribution < -0.4 is 5.73 Å². The highest BCUT2D eigenvalue weighted by molar-refractivity contribution is 5.94. The summed E-state index contributed by atoms with van der Waals surface area (Å²) in [5.41, 5.74) is 10.9. The second-order valence-electron chi connectivity index (χ2n) is 7.90. The van der Waals surface area contributed by atoms with Crippen LogP contribution in [0.25, 0.3) is 5.57 Å². The van der Waals surface area contributed by atoms with Crippen molar-refractivity contribution in [3.05, 3.63) is 53.1 Å². The van der Waals surface area contributed by atoms with Crippen LogP contribution in [0.15, 0.2) is 42.0 Å². The predicted octanol–water partition coefficient (Wildman–Crippen LogP) is 5.39. The Hall–Kier alpha value is -1.67. The highest BCUT2D eigenvalue weighted by Gasteiger charge is 2.38. The van der Waals surface area contributed by atoms with Crippen LogP contribution in [0, 0.1) is 10.8 Å². The summed E-state index contributed by atoms with van der Waals surface area (Å²) in [5, 5.41) is 0. The van der Waals surface area contributed by atoms with Crippen LogP contribution in [-0.4, -0.2) is 12.3 Å². The number of rotatable bonds is 4. The first kappa shape index (κ1) is 18.7. The molecule has 1 aromatic carbocycles. The minimum atomic E-state index is 0.0751. The van der Waals surface area contributed by atoms with Crippen molar-refractivity contribution >= 4 is 11.4 Å². The molecule has 0 fully saturated rings. The maximum Gasteiger partial charge on any atom is 0.159 e. The maximum absolute atomic E-state index is 11.5. The summed E-state index contributed by atoms with van der Waals surface area (Å²) in [7, 11) is 0. The van der Waals surface area contributed by atoms with Gasteiger partial charge in [0, 0.05) is 12.1 Å². The molecule has 1 atom stereocenters. The molecule has 0 spiro atoms. The molecule has 0 saturated heterocycles. The molecule has 0 heterocycles. The largest absolute Gasteiger partial charge is 0.327 e. The number of carbonyl (C=O) groups excluding carboxylic acids is 1. The Kier molecular flexibility index (Phi) is 5.49. The van der Waals surface area contributed by atoms with Gasteiger partial charge in [0.15, 0.2) is 5.78 Å². The zero-order valence-electron chi connectivity index (χ0n) is 15.8. The van der Waals surface area contributed by atoms with E-state index in [0.717, 1.165) is 24.8 Å². The first-order valence-electron chi connectivity index (χ1n) is 8.95. The van der Waals surface area contributed by atoms with Crippen molar-refractivity contribution in [1.82, 2.24) is 0 Å². The Labute approximate surface area is 146 Å². The summed E-state index contributed by atoms with van der Waals surface area (Å²) in [5.74, 6) is 0.114. The van der Waals surface area contributed by atoms with Crippen LogP contribution in [0.3, 0.4) is 0 Å². The van der Waals surface area contributed by atoms with E-state index in [1.807, 2.05) is 12.1 Å². The van der Waals surface area contributed by atoms with E-state index in [0.29, 0.717) is 6.54 Å². The van der Waals surface area contributed by atoms with Gasteiger partial charge in [-0.2, -0.15) is 0 Å². The zero-order chi connectivity index (χ0) is 18.0. The van der Waals surface area contributed by atoms with Gasteiger partial charge < -0.3 is 5.73 Å². The summed E-state index contributed by atoms with van der Waals surface area (Å²) >= 11 is 0. The fourth-order valence-electron chi connectivity index (χ4n) is 4.03. The van der Waals surface area contributed by atoms with Gasteiger partial charge in [-0.25, -0.2) is 0 Å². The Morgan fingerprint density at radius 1 is 1.21 bits per heavy atom. The molecule has 2 rings (SSSR count). The molecule has 2 N–H and O–H groups in total. The maximum atomic E-state index is 11.5. The second kappa shape index (κ2) is 7.06. The van der Waals surface area contributed by atoms with Gasteiger partial charge in [0.1, 0.15) is 0 Å². The monoisotopic (exact) mass is 325 g/mol. The van der Waals surface area contributed by atoms with Crippen LogP contribution in [0.4, 0.5) is 0 Å². The van der Waals surface area contributed by atoms with Gasteiger partial charge in [-0.15, -0.1) is 0 Å². The molecule has 24 heavy (non-hydrogen) atoms. The van der Waals surface area contributed by atoms with Gasteiger partial charge in [0.25, 0.3) is 0 Å². The smallest absolute Gasteiger partial charge is 0.159 e. The fourth-order valence-corrected chi connectivity index (χ4v) is 4.03. The van der Waals surface area contributed by atoms with Crippen LogP contribution in [0.1, 0.15) is 69.8 Å². The van der Waals surface area contributed by atoms with Crippen LogP contribution in [0.5, 0.6) is 0 Å². The van der Waals surface area contributed by atoms with E-state index in [1.54, 1.807) is 6.92 Å².